The van der Waals surface area contributed by atoms with Crippen molar-refractivity contribution in [1.82, 2.24) is 4.90 Å². The van der Waals surface area contributed by atoms with Gasteiger partial charge in [0.05, 0.1) is 19.4 Å². The highest BCUT2D eigenvalue weighted by Crippen LogP contribution is 2.52. The van der Waals surface area contributed by atoms with Crippen LogP contribution < -0.4 is 0 Å². The van der Waals surface area contributed by atoms with Gasteiger partial charge in [0.25, 0.3) is 0 Å². The number of nitrogens with zero attached hydrogens (tertiary/aromatic N) is 1. The molecule has 24 heavy (non-hydrogen) atoms. The van der Waals surface area contributed by atoms with Crippen molar-refractivity contribution in [2.45, 2.75) is 67.1 Å². The maximum atomic E-state index is 13.0. The van der Waals surface area contributed by atoms with Crippen LogP contribution in [0.3, 0.4) is 0 Å². The monoisotopic (exact) mass is 359 g/mol. The fourth-order valence-corrected chi connectivity index (χ4v) is 4.69. The minimum atomic E-state index is -3.14. The van der Waals surface area contributed by atoms with E-state index in [2.05, 4.69) is 25.7 Å². The Kier molecular flexibility index (Phi) is 9.28. The van der Waals surface area contributed by atoms with Crippen molar-refractivity contribution >= 4 is 7.60 Å². The average molecular weight is 359 g/mol. The first kappa shape index (κ1) is 21.4. The smallest absolute Gasteiger partial charge is 0.335 e. The number of furan rings is 1. The summed E-state index contributed by atoms with van der Waals surface area (Å²) in [6.45, 7) is 15.6. The molecule has 1 rings (SSSR count). The van der Waals surface area contributed by atoms with E-state index in [1.165, 1.54) is 0 Å². The summed E-state index contributed by atoms with van der Waals surface area (Å²) in [7, 11) is -3.14. The minimum absolute atomic E-state index is 0.290. The van der Waals surface area contributed by atoms with Crippen molar-refractivity contribution in [3.05, 3.63) is 22.6 Å². The zero-order valence-corrected chi connectivity index (χ0v) is 17.1. The van der Waals surface area contributed by atoms with Gasteiger partial charge in [-0.15, -0.1) is 0 Å². The second-order valence-electron chi connectivity index (χ2n) is 5.85. The van der Waals surface area contributed by atoms with E-state index in [0.29, 0.717) is 13.2 Å². The molecule has 6 heteroatoms. The zero-order chi connectivity index (χ0) is 18.2. The summed E-state index contributed by atoms with van der Waals surface area (Å²) >= 11 is 0. The molecule has 0 aliphatic rings. The van der Waals surface area contributed by atoms with Gasteiger partial charge in [0.15, 0.2) is 0 Å². The Labute approximate surface area is 147 Å². The van der Waals surface area contributed by atoms with Gasteiger partial charge in [0, 0.05) is 24.1 Å². The third kappa shape index (κ3) is 5.73. The quantitative estimate of drug-likeness (QED) is 0.483. The number of hydrogen-bond donors (Lipinski definition) is 0. The molecule has 0 saturated carbocycles. The van der Waals surface area contributed by atoms with Gasteiger partial charge in [-0.3, -0.25) is 9.46 Å². The van der Waals surface area contributed by atoms with Gasteiger partial charge in [-0.2, -0.15) is 0 Å². The van der Waals surface area contributed by atoms with Gasteiger partial charge in [0.2, 0.25) is 0 Å². The van der Waals surface area contributed by atoms with E-state index in [4.69, 9.17) is 13.5 Å². The van der Waals surface area contributed by atoms with E-state index >= 15 is 0 Å². The van der Waals surface area contributed by atoms with Crippen molar-refractivity contribution < 1.29 is 18.0 Å². The van der Waals surface area contributed by atoms with Crippen molar-refractivity contribution in [3.63, 3.8) is 0 Å². The number of hydrogen-bond acceptors (Lipinski definition) is 5. The Bertz CT molecular complexity index is 527. The average Bonchev–Trinajstić information content (AvgIpc) is 2.81. The molecule has 0 aliphatic carbocycles. The van der Waals surface area contributed by atoms with Gasteiger partial charge >= 0.3 is 7.60 Å². The largest absolute Gasteiger partial charge is 0.466 e. The van der Waals surface area contributed by atoms with Gasteiger partial charge in [-0.1, -0.05) is 20.8 Å². The summed E-state index contributed by atoms with van der Waals surface area (Å²) in [6.07, 6.45) is 2.11. The fourth-order valence-electron chi connectivity index (χ4n) is 2.89. The van der Waals surface area contributed by atoms with E-state index in [0.717, 1.165) is 55.1 Å². The lowest BCUT2D eigenvalue weighted by Gasteiger charge is -2.21. The Morgan fingerprint density at radius 3 is 2.04 bits per heavy atom. The van der Waals surface area contributed by atoms with E-state index in [-0.39, 0.29) is 6.16 Å². The van der Waals surface area contributed by atoms with Crippen LogP contribution in [0.2, 0.25) is 0 Å². The maximum absolute atomic E-state index is 13.0. The van der Waals surface area contributed by atoms with Crippen LogP contribution in [0.25, 0.3) is 0 Å². The molecule has 0 bridgehead atoms. The van der Waals surface area contributed by atoms with Crippen LogP contribution in [0.5, 0.6) is 0 Å². The molecule has 5 nitrogen and oxygen atoms in total. The molecule has 0 N–H and O–H groups in total. The molecule has 140 valence electrons. The molecule has 0 saturated heterocycles. The SMILES string of the molecule is CCCc1oc(C)c(CN(CC)CC)c1CP(=O)(OCC)OCC. The van der Waals surface area contributed by atoms with E-state index in [9.17, 15) is 4.57 Å². The van der Waals surface area contributed by atoms with Gasteiger partial charge in [-0.05, 0) is 40.3 Å². The van der Waals surface area contributed by atoms with Crippen LogP contribution in [0.15, 0.2) is 4.42 Å². The van der Waals surface area contributed by atoms with Gasteiger partial charge in [0.1, 0.15) is 11.5 Å². The van der Waals surface area contributed by atoms with Crippen LogP contribution in [0, 0.1) is 6.92 Å². The summed E-state index contributed by atoms with van der Waals surface area (Å²) in [5, 5.41) is 0. The molecule has 0 aromatic carbocycles. The predicted octanol–water partition coefficient (Wildman–Crippen LogP) is 5.15. The topological polar surface area (TPSA) is 51.9 Å². The molecule has 1 aromatic rings. The summed E-state index contributed by atoms with van der Waals surface area (Å²) in [5.74, 6) is 1.84. The molecule has 0 fully saturated rings. The minimum Gasteiger partial charge on any atom is -0.466 e. The van der Waals surface area contributed by atoms with Gasteiger partial charge < -0.3 is 13.5 Å². The highest BCUT2D eigenvalue weighted by atomic mass is 31.2. The second kappa shape index (κ2) is 10.4. The molecule has 0 unspecified atom stereocenters. The summed E-state index contributed by atoms with van der Waals surface area (Å²) in [5.41, 5.74) is 2.16. The highest BCUT2D eigenvalue weighted by Gasteiger charge is 2.30. The lowest BCUT2D eigenvalue weighted by molar-refractivity contribution is 0.218. The van der Waals surface area contributed by atoms with Crippen molar-refractivity contribution in [3.8, 4) is 0 Å². The molecule has 1 aromatic heterocycles. The molecule has 0 atom stereocenters. The van der Waals surface area contributed by atoms with E-state index in [1.54, 1.807) is 0 Å². The lowest BCUT2D eigenvalue weighted by Crippen LogP contribution is -2.23. The maximum Gasteiger partial charge on any atom is 0.335 e. The first-order valence-electron chi connectivity index (χ1n) is 9.14. The third-order valence-corrected chi connectivity index (χ3v) is 6.17. The molecule has 0 radical (unpaired) electrons. The predicted molar refractivity (Wildman–Crippen MR) is 98.6 cm³/mol. The first-order chi connectivity index (χ1) is 11.4. The Balaban J connectivity index is 3.23. The summed E-state index contributed by atoms with van der Waals surface area (Å²) in [4.78, 5) is 2.34. The van der Waals surface area contributed by atoms with Gasteiger partial charge in [-0.25, -0.2) is 0 Å². The van der Waals surface area contributed by atoms with E-state index in [1.807, 2.05) is 20.8 Å². The standard InChI is InChI=1S/C18H34NO4P/c1-7-12-18-17(14-24(20,21-10-4)22-11-5)16(15(6)23-18)13-19(8-2)9-3/h7-14H2,1-6H3. The van der Waals surface area contributed by atoms with Crippen molar-refractivity contribution in [1.29, 1.82) is 0 Å². The van der Waals surface area contributed by atoms with Crippen LogP contribution in [-0.4, -0.2) is 31.2 Å². The van der Waals surface area contributed by atoms with Crippen LogP contribution in [0.4, 0.5) is 0 Å². The molecule has 1 heterocycles. The van der Waals surface area contributed by atoms with Crippen molar-refractivity contribution in [2.24, 2.45) is 0 Å². The van der Waals surface area contributed by atoms with Crippen LogP contribution in [0.1, 0.15) is 63.7 Å². The summed E-state index contributed by atoms with van der Waals surface area (Å²) < 4.78 is 30.1. The van der Waals surface area contributed by atoms with E-state index < -0.39 is 7.60 Å². The molecular formula is C18H34NO4P. The number of rotatable bonds is 12. The summed E-state index contributed by atoms with van der Waals surface area (Å²) in [6, 6.07) is 0. The molecule has 0 aliphatic heterocycles. The molecular weight excluding hydrogens is 325 g/mol. The van der Waals surface area contributed by atoms with Crippen molar-refractivity contribution in [2.75, 3.05) is 26.3 Å². The Morgan fingerprint density at radius 2 is 1.58 bits per heavy atom. The Morgan fingerprint density at radius 1 is 1.00 bits per heavy atom. The number of aryl methyl sites for hydroxylation is 2. The molecule has 0 amide bonds. The third-order valence-electron chi connectivity index (χ3n) is 4.16. The van der Waals surface area contributed by atoms with Crippen LogP contribution in [-0.2, 0) is 32.7 Å². The fraction of sp³-hybridized carbons (Fsp3) is 0.778. The zero-order valence-electron chi connectivity index (χ0n) is 16.2. The van der Waals surface area contributed by atoms with Crippen LogP contribution >= 0.6 is 7.60 Å². The normalized spacial score (nSPS) is 12.3. The first-order valence-corrected chi connectivity index (χ1v) is 10.9. The lowest BCUT2D eigenvalue weighted by atomic mass is 10.1. The molecule has 0 spiro atoms. The second-order valence-corrected chi connectivity index (χ2v) is 7.91. The Hall–Kier alpha value is -0.610. The highest BCUT2D eigenvalue weighted by molar-refractivity contribution is 7.53.